The fraction of sp³-hybridized carbons (Fsp3) is 0.304. The molecule has 1 amide bonds. The van der Waals surface area contributed by atoms with Gasteiger partial charge in [0.05, 0.1) is 16.7 Å². The molecule has 0 spiro atoms. The van der Waals surface area contributed by atoms with Crippen LogP contribution in [-0.4, -0.2) is 18.3 Å². The van der Waals surface area contributed by atoms with Gasteiger partial charge in [-0.2, -0.15) is 0 Å². The molecule has 2 atom stereocenters. The number of rotatable bonds is 4. The van der Waals surface area contributed by atoms with Crippen LogP contribution in [0.2, 0.25) is 10.0 Å². The summed E-state index contributed by atoms with van der Waals surface area (Å²) in [5.41, 5.74) is 3.25. The molecule has 0 radical (unpaired) electrons. The van der Waals surface area contributed by atoms with Gasteiger partial charge in [-0.15, -0.1) is 0 Å². The van der Waals surface area contributed by atoms with Crippen molar-refractivity contribution in [2.75, 3.05) is 6.61 Å². The molecule has 6 heteroatoms. The van der Waals surface area contributed by atoms with Crippen molar-refractivity contribution in [1.29, 1.82) is 0 Å². The van der Waals surface area contributed by atoms with Crippen molar-refractivity contribution >= 4 is 34.9 Å². The Bertz CT molecular complexity index is 1010. The fourth-order valence-electron chi connectivity index (χ4n) is 4.28. The number of carbonyl (C=O) groups is 2. The predicted molar refractivity (Wildman–Crippen MR) is 114 cm³/mol. The number of nitrogens with one attached hydrogen (secondary N) is 1. The molecule has 2 aromatic carbocycles. The van der Waals surface area contributed by atoms with E-state index in [9.17, 15) is 9.59 Å². The van der Waals surface area contributed by atoms with Crippen LogP contribution in [0.5, 0.6) is 5.75 Å². The molecule has 0 saturated heterocycles. The normalized spacial score (nSPS) is 21.6. The molecule has 2 aliphatic rings. The van der Waals surface area contributed by atoms with Gasteiger partial charge in [0.25, 0.3) is 0 Å². The van der Waals surface area contributed by atoms with Crippen molar-refractivity contribution in [3.8, 4) is 5.75 Å². The minimum Gasteiger partial charge on any atom is -0.494 e. The largest absolute Gasteiger partial charge is 0.494 e. The first-order valence-corrected chi connectivity index (χ1v) is 10.5. The lowest BCUT2D eigenvalue weighted by atomic mass is 9.73. The molecule has 150 valence electrons. The summed E-state index contributed by atoms with van der Waals surface area (Å²) in [6, 6.07) is 13.1. The van der Waals surface area contributed by atoms with Crippen molar-refractivity contribution in [2.24, 2.45) is 0 Å². The highest BCUT2D eigenvalue weighted by molar-refractivity contribution is 6.42. The molecule has 1 N–H and O–H groups in total. The second kappa shape index (κ2) is 8.21. The van der Waals surface area contributed by atoms with Crippen LogP contribution >= 0.6 is 23.2 Å². The molecule has 0 aromatic heterocycles. The van der Waals surface area contributed by atoms with Crippen LogP contribution in [0.3, 0.4) is 0 Å². The molecule has 2 aromatic rings. The summed E-state index contributed by atoms with van der Waals surface area (Å²) in [5.74, 6) is 0.364. The molecule has 4 nitrogen and oxygen atoms in total. The Morgan fingerprint density at radius 1 is 1.03 bits per heavy atom. The minimum atomic E-state index is -0.288. The summed E-state index contributed by atoms with van der Waals surface area (Å²) in [4.78, 5) is 25.7. The molecular formula is C23H21Cl2NO3. The van der Waals surface area contributed by atoms with E-state index in [4.69, 9.17) is 27.9 Å². The second-order valence-electron chi connectivity index (χ2n) is 7.37. The summed E-state index contributed by atoms with van der Waals surface area (Å²) in [7, 11) is 0. The number of benzene rings is 2. The average molecular weight is 430 g/mol. The van der Waals surface area contributed by atoms with Crippen LogP contribution in [0.15, 0.2) is 53.7 Å². The fourth-order valence-corrected chi connectivity index (χ4v) is 4.59. The van der Waals surface area contributed by atoms with Crippen LogP contribution < -0.4 is 10.1 Å². The standard InChI is InChI=1S/C23H21Cl2NO3/c1-2-29-21-6-4-3-5-15(21)16-12-22(28)26-19-10-14(11-20(27)23(16)19)13-7-8-17(24)18(25)9-13/h3-9,14,16H,2,10-12H2,1H3,(H,26,28). The highest BCUT2D eigenvalue weighted by atomic mass is 35.5. The summed E-state index contributed by atoms with van der Waals surface area (Å²) >= 11 is 12.2. The number of amides is 1. The number of hydrogen-bond acceptors (Lipinski definition) is 3. The second-order valence-corrected chi connectivity index (χ2v) is 8.18. The Hall–Kier alpha value is -2.30. The Kier molecular flexibility index (Phi) is 5.66. The van der Waals surface area contributed by atoms with Crippen molar-refractivity contribution < 1.29 is 14.3 Å². The SMILES string of the molecule is CCOc1ccccc1C1CC(=O)NC2=C1C(=O)CC(c1ccc(Cl)c(Cl)c1)C2. The zero-order valence-corrected chi connectivity index (χ0v) is 17.5. The van der Waals surface area contributed by atoms with Crippen LogP contribution in [0.25, 0.3) is 0 Å². The van der Waals surface area contributed by atoms with E-state index in [0.29, 0.717) is 40.8 Å². The Labute approximate surface area is 179 Å². The highest BCUT2D eigenvalue weighted by Crippen LogP contribution is 2.45. The number of para-hydroxylation sites is 1. The van der Waals surface area contributed by atoms with E-state index in [1.807, 2.05) is 37.3 Å². The zero-order valence-electron chi connectivity index (χ0n) is 16.0. The van der Waals surface area contributed by atoms with Gasteiger partial charge >= 0.3 is 0 Å². The molecule has 0 bridgehead atoms. The van der Waals surface area contributed by atoms with Gasteiger partial charge in [-0.05, 0) is 43.0 Å². The van der Waals surface area contributed by atoms with Gasteiger partial charge in [0.15, 0.2) is 5.78 Å². The minimum absolute atomic E-state index is 0.0443. The third-order valence-corrected chi connectivity index (χ3v) is 6.28. The van der Waals surface area contributed by atoms with Crippen molar-refractivity contribution in [1.82, 2.24) is 5.32 Å². The summed E-state index contributed by atoms with van der Waals surface area (Å²) in [6.45, 7) is 2.44. The van der Waals surface area contributed by atoms with Gasteiger partial charge in [-0.1, -0.05) is 47.5 Å². The maximum Gasteiger partial charge on any atom is 0.225 e. The topological polar surface area (TPSA) is 55.4 Å². The van der Waals surface area contributed by atoms with E-state index in [1.165, 1.54) is 0 Å². The van der Waals surface area contributed by atoms with Gasteiger partial charge in [-0.25, -0.2) is 0 Å². The molecule has 2 unspecified atom stereocenters. The average Bonchev–Trinajstić information content (AvgIpc) is 2.69. The van der Waals surface area contributed by atoms with Gasteiger partial charge in [0.2, 0.25) is 5.91 Å². The first-order chi connectivity index (χ1) is 14.0. The van der Waals surface area contributed by atoms with Gasteiger partial charge in [0, 0.05) is 35.6 Å². The van der Waals surface area contributed by atoms with Gasteiger partial charge in [0.1, 0.15) is 5.75 Å². The lowest BCUT2D eigenvalue weighted by Gasteiger charge is -2.35. The Morgan fingerprint density at radius 3 is 2.59 bits per heavy atom. The van der Waals surface area contributed by atoms with Crippen LogP contribution in [0.4, 0.5) is 0 Å². The van der Waals surface area contributed by atoms with Crippen LogP contribution in [0, 0.1) is 0 Å². The highest BCUT2D eigenvalue weighted by Gasteiger charge is 2.39. The number of ketones is 1. The number of hydrogen-bond donors (Lipinski definition) is 1. The number of Topliss-reactive ketones (excluding diaryl/α,β-unsaturated/α-hetero) is 1. The zero-order chi connectivity index (χ0) is 20.5. The molecule has 0 fully saturated rings. The molecular weight excluding hydrogens is 409 g/mol. The van der Waals surface area contributed by atoms with E-state index >= 15 is 0 Å². The predicted octanol–water partition coefficient (Wildman–Crippen LogP) is 5.40. The lowest BCUT2D eigenvalue weighted by Crippen LogP contribution is -2.38. The smallest absolute Gasteiger partial charge is 0.225 e. The van der Waals surface area contributed by atoms with Crippen molar-refractivity contribution in [3.63, 3.8) is 0 Å². The first kappa shape index (κ1) is 20.0. The number of ether oxygens (including phenoxy) is 1. The van der Waals surface area contributed by atoms with Crippen molar-refractivity contribution in [3.05, 3.63) is 74.9 Å². The quantitative estimate of drug-likeness (QED) is 0.707. The molecule has 1 aliphatic carbocycles. The number of allylic oxidation sites excluding steroid dienone is 2. The molecule has 29 heavy (non-hydrogen) atoms. The Balaban J connectivity index is 1.72. The van der Waals surface area contributed by atoms with Crippen LogP contribution in [-0.2, 0) is 9.59 Å². The lowest BCUT2D eigenvalue weighted by molar-refractivity contribution is -0.122. The summed E-state index contributed by atoms with van der Waals surface area (Å²) in [5, 5.41) is 3.89. The monoisotopic (exact) mass is 429 g/mol. The van der Waals surface area contributed by atoms with E-state index in [1.54, 1.807) is 12.1 Å². The first-order valence-electron chi connectivity index (χ1n) is 9.70. The number of carbonyl (C=O) groups excluding carboxylic acids is 2. The van der Waals surface area contributed by atoms with Gasteiger partial charge < -0.3 is 10.1 Å². The van der Waals surface area contributed by atoms with Gasteiger partial charge in [-0.3, -0.25) is 9.59 Å². The summed E-state index contributed by atoms with van der Waals surface area (Å²) in [6.07, 6.45) is 1.20. The van der Waals surface area contributed by atoms with E-state index in [0.717, 1.165) is 16.9 Å². The maximum atomic E-state index is 13.2. The molecule has 1 aliphatic heterocycles. The van der Waals surface area contributed by atoms with Crippen LogP contribution in [0.1, 0.15) is 49.1 Å². The third kappa shape index (κ3) is 3.92. The van der Waals surface area contributed by atoms with E-state index in [-0.39, 0.29) is 29.9 Å². The summed E-state index contributed by atoms with van der Waals surface area (Å²) < 4.78 is 5.76. The molecule has 1 heterocycles. The van der Waals surface area contributed by atoms with E-state index in [2.05, 4.69) is 5.32 Å². The molecule has 4 rings (SSSR count). The maximum absolute atomic E-state index is 13.2. The third-order valence-electron chi connectivity index (χ3n) is 5.55. The number of halogens is 2. The van der Waals surface area contributed by atoms with Crippen molar-refractivity contribution in [2.45, 2.75) is 38.0 Å². The molecule has 0 saturated carbocycles. The Morgan fingerprint density at radius 2 is 1.83 bits per heavy atom. The van der Waals surface area contributed by atoms with E-state index < -0.39 is 0 Å².